The van der Waals surface area contributed by atoms with Crippen molar-refractivity contribution < 1.29 is 23.0 Å². The Kier molecular flexibility index (Phi) is 10.9. The first-order chi connectivity index (χ1) is 17.0. The number of ether oxygens (including phenoxy) is 2. The predicted octanol–water partition coefficient (Wildman–Crippen LogP) is 7.02. The lowest BCUT2D eigenvalue weighted by Gasteiger charge is -2.28. The van der Waals surface area contributed by atoms with Crippen LogP contribution in [0.5, 0.6) is 5.75 Å². The van der Waals surface area contributed by atoms with Gasteiger partial charge < -0.3 is 9.47 Å². The minimum Gasteiger partial charge on any atom is -0.490 e. The summed E-state index contributed by atoms with van der Waals surface area (Å²) in [5.41, 5.74) is 1.70. The molecule has 35 heavy (non-hydrogen) atoms. The number of esters is 1. The summed E-state index contributed by atoms with van der Waals surface area (Å²) < 4.78 is 39.6. The maximum atomic E-state index is 14.7. The number of halogens is 2. The topological polar surface area (TPSA) is 61.3 Å². The number of aromatic nitrogens is 2. The van der Waals surface area contributed by atoms with Crippen molar-refractivity contribution in [2.75, 3.05) is 6.61 Å². The van der Waals surface area contributed by atoms with Gasteiger partial charge in [0, 0.05) is 18.0 Å². The molecule has 0 amide bonds. The summed E-state index contributed by atoms with van der Waals surface area (Å²) in [5.74, 6) is -0.242. The van der Waals surface area contributed by atoms with Crippen LogP contribution in [-0.4, -0.2) is 34.8 Å². The number of hydrogen-bond donors (Lipinski definition) is 0. The van der Waals surface area contributed by atoms with Crippen LogP contribution in [0.3, 0.4) is 0 Å². The Morgan fingerprint density at radius 1 is 1.06 bits per heavy atom. The van der Waals surface area contributed by atoms with E-state index in [0.29, 0.717) is 37.3 Å². The van der Waals surface area contributed by atoms with Gasteiger partial charge in [0.15, 0.2) is 23.6 Å². The maximum absolute atomic E-state index is 14.7. The van der Waals surface area contributed by atoms with E-state index in [9.17, 15) is 13.6 Å². The van der Waals surface area contributed by atoms with E-state index in [1.807, 2.05) is 19.3 Å². The van der Waals surface area contributed by atoms with Crippen LogP contribution >= 0.6 is 0 Å². The van der Waals surface area contributed by atoms with Gasteiger partial charge in [0.2, 0.25) is 0 Å². The number of unbranched alkanes of at least 4 members (excludes halogenated alkanes) is 3. The molecular weight excluding hydrogens is 450 g/mol. The van der Waals surface area contributed by atoms with Crippen molar-refractivity contribution in [3.05, 3.63) is 42.0 Å². The Balaban J connectivity index is 1.43. The van der Waals surface area contributed by atoms with Crippen LogP contribution in [0.15, 0.2) is 30.6 Å². The molecule has 0 aliphatic heterocycles. The van der Waals surface area contributed by atoms with Crippen LogP contribution < -0.4 is 4.74 Å². The van der Waals surface area contributed by atoms with Gasteiger partial charge in [-0.1, -0.05) is 39.5 Å². The number of nitrogens with zero attached hydrogens (tertiary/aromatic N) is 2. The van der Waals surface area contributed by atoms with Crippen LogP contribution in [0.25, 0.3) is 11.4 Å². The summed E-state index contributed by atoms with van der Waals surface area (Å²) in [4.78, 5) is 20.7. The molecule has 192 valence electrons. The predicted molar refractivity (Wildman–Crippen MR) is 132 cm³/mol. The molecule has 1 aliphatic carbocycles. The van der Waals surface area contributed by atoms with E-state index in [0.717, 1.165) is 37.7 Å². The summed E-state index contributed by atoms with van der Waals surface area (Å²) in [6.45, 7) is 4.52. The SMILES string of the molecule is CCCCCc1cnc(-c2ccc(OC[C@H]3CC[C@H](OC(=O)[C@@H](F)CCCC)CC3)c(F)c2)nc1. The van der Waals surface area contributed by atoms with E-state index in [1.54, 1.807) is 12.1 Å². The molecule has 0 saturated heterocycles. The second-order valence-electron chi connectivity index (χ2n) is 9.52. The molecule has 3 rings (SSSR count). The first kappa shape index (κ1) is 27.0. The van der Waals surface area contributed by atoms with Crippen LogP contribution in [-0.2, 0) is 16.0 Å². The average Bonchev–Trinajstić information content (AvgIpc) is 2.88. The molecule has 7 heteroatoms. The van der Waals surface area contributed by atoms with Gasteiger partial charge in [-0.2, -0.15) is 0 Å². The number of benzene rings is 1. The van der Waals surface area contributed by atoms with Gasteiger partial charge in [0.25, 0.3) is 0 Å². The smallest absolute Gasteiger partial charge is 0.340 e. The second-order valence-corrected chi connectivity index (χ2v) is 9.52. The van der Waals surface area contributed by atoms with Crippen molar-refractivity contribution in [1.29, 1.82) is 0 Å². The van der Waals surface area contributed by atoms with Gasteiger partial charge >= 0.3 is 5.97 Å². The molecule has 2 aromatic rings. The molecule has 0 N–H and O–H groups in total. The first-order valence-electron chi connectivity index (χ1n) is 13.1. The van der Waals surface area contributed by atoms with Gasteiger partial charge in [0.05, 0.1) is 6.61 Å². The van der Waals surface area contributed by atoms with Crippen molar-refractivity contribution in [2.45, 2.75) is 96.8 Å². The Hall–Kier alpha value is -2.57. The third kappa shape index (κ3) is 8.55. The Bertz CT molecular complexity index is 915. The maximum Gasteiger partial charge on any atom is 0.340 e. The monoisotopic (exact) mass is 488 g/mol. The standard InChI is InChI=1S/C28H38F2N2O3/c1-3-5-7-8-21-17-31-27(32-18-21)22-12-15-26(25(30)16-22)34-19-20-10-13-23(14-11-20)35-28(33)24(29)9-6-4-2/h12,15-18,20,23-24H,3-11,13-14,19H2,1-2H3/t20-,23-,24-/m0/s1. The fourth-order valence-corrected chi connectivity index (χ4v) is 4.33. The van der Waals surface area contributed by atoms with Crippen LogP contribution in [0.4, 0.5) is 8.78 Å². The molecule has 5 nitrogen and oxygen atoms in total. The lowest BCUT2D eigenvalue weighted by Crippen LogP contribution is -2.30. The number of hydrogen-bond acceptors (Lipinski definition) is 5. The highest BCUT2D eigenvalue weighted by molar-refractivity contribution is 5.74. The van der Waals surface area contributed by atoms with Crippen LogP contribution in [0.1, 0.15) is 83.6 Å². The summed E-state index contributed by atoms with van der Waals surface area (Å²) in [6.07, 6.45) is 11.0. The fraction of sp³-hybridized carbons (Fsp3) is 0.607. The van der Waals surface area contributed by atoms with Gasteiger partial charge in [-0.15, -0.1) is 0 Å². The lowest BCUT2D eigenvalue weighted by molar-refractivity contribution is -0.157. The molecule has 0 radical (unpaired) electrons. The van der Waals surface area contributed by atoms with Gasteiger partial charge in [-0.25, -0.2) is 23.5 Å². The molecule has 1 fully saturated rings. The summed E-state index contributed by atoms with van der Waals surface area (Å²) in [5, 5.41) is 0. The zero-order valence-electron chi connectivity index (χ0n) is 21.0. The van der Waals surface area contributed by atoms with Crippen LogP contribution in [0.2, 0.25) is 0 Å². The largest absolute Gasteiger partial charge is 0.490 e. The minimum absolute atomic E-state index is 0.203. The van der Waals surface area contributed by atoms with Crippen molar-refractivity contribution >= 4 is 5.97 Å². The molecule has 0 bridgehead atoms. The van der Waals surface area contributed by atoms with E-state index in [2.05, 4.69) is 16.9 Å². The Morgan fingerprint density at radius 2 is 1.77 bits per heavy atom. The minimum atomic E-state index is -1.53. The molecule has 0 spiro atoms. The van der Waals surface area contributed by atoms with Gasteiger partial charge in [-0.3, -0.25) is 0 Å². The number of rotatable bonds is 13. The zero-order valence-corrected chi connectivity index (χ0v) is 21.0. The highest BCUT2D eigenvalue weighted by Crippen LogP contribution is 2.29. The average molecular weight is 489 g/mol. The van der Waals surface area contributed by atoms with E-state index in [-0.39, 0.29) is 24.2 Å². The highest BCUT2D eigenvalue weighted by atomic mass is 19.1. The summed E-state index contributed by atoms with van der Waals surface area (Å²) in [6, 6.07) is 4.80. The van der Waals surface area contributed by atoms with Crippen molar-refractivity contribution in [1.82, 2.24) is 9.97 Å². The molecule has 1 heterocycles. The van der Waals surface area contributed by atoms with Gasteiger partial charge in [0.1, 0.15) is 6.10 Å². The van der Waals surface area contributed by atoms with E-state index in [4.69, 9.17) is 9.47 Å². The van der Waals surface area contributed by atoms with Crippen molar-refractivity contribution in [3.8, 4) is 17.1 Å². The highest BCUT2D eigenvalue weighted by Gasteiger charge is 2.27. The molecule has 1 aromatic carbocycles. The molecule has 0 unspecified atom stereocenters. The first-order valence-corrected chi connectivity index (χ1v) is 13.1. The van der Waals surface area contributed by atoms with Gasteiger partial charge in [-0.05, 0) is 74.6 Å². The lowest BCUT2D eigenvalue weighted by atomic mass is 9.88. The third-order valence-corrected chi connectivity index (χ3v) is 6.58. The molecule has 1 aliphatic rings. The number of carbonyl (C=O) groups is 1. The second kappa shape index (κ2) is 14.1. The number of carbonyl (C=O) groups excluding carboxylic acids is 1. The summed E-state index contributed by atoms with van der Waals surface area (Å²) in [7, 11) is 0. The van der Waals surface area contributed by atoms with E-state index < -0.39 is 18.0 Å². The molecular formula is C28H38F2N2O3. The summed E-state index contributed by atoms with van der Waals surface area (Å²) >= 11 is 0. The fourth-order valence-electron chi connectivity index (χ4n) is 4.33. The Morgan fingerprint density at radius 3 is 2.43 bits per heavy atom. The number of aryl methyl sites for hydroxylation is 1. The quantitative estimate of drug-likeness (QED) is 0.224. The number of alkyl halides is 1. The van der Waals surface area contributed by atoms with E-state index >= 15 is 0 Å². The molecule has 1 saturated carbocycles. The van der Waals surface area contributed by atoms with Crippen LogP contribution in [0, 0.1) is 11.7 Å². The van der Waals surface area contributed by atoms with E-state index in [1.165, 1.54) is 18.9 Å². The molecule has 1 atom stereocenters. The third-order valence-electron chi connectivity index (χ3n) is 6.58. The molecule has 1 aromatic heterocycles. The normalized spacial score (nSPS) is 18.7. The van der Waals surface area contributed by atoms with Crippen molar-refractivity contribution in [3.63, 3.8) is 0 Å². The zero-order chi connectivity index (χ0) is 25.0. The Labute approximate surface area is 207 Å². The van der Waals surface area contributed by atoms with Crippen molar-refractivity contribution in [2.24, 2.45) is 5.92 Å².